The summed E-state index contributed by atoms with van der Waals surface area (Å²) < 4.78 is 0. The molecular weight excluding hydrogens is 196 g/mol. The van der Waals surface area contributed by atoms with Gasteiger partial charge >= 0.3 is 0 Å². The molecule has 2 aromatic rings. The van der Waals surface area contributed by atoms with Crippen molar-refractivity contribution in [3.63, 3.8) is 0 Å². The summed E-state index contributed by atoms with van der Waals surface area (Å²) >= 11 is 0. The average molecular weight is 208 g/mol. The van der Waals surface area contributed by atoms with Gasteiger partial charge in [0, 0.05) is 18.0 Å². The van der Waals surface area contributed by atoms with E-state index in [0.717, 1.165) is 16.7 Å². The van der Waals surface area contributed by atoms with Crippen LogP contribution in [0.5, 0.6) is 0 Å². The molecule has 0 aliphatic carbocycles. The predicted octanol–water partition coefficient (Wildman–Crippen LogP) is 3.24. The first kappa shape index (κ1) is 10.4. The molecule has 1 aromatic carbocycles. The Morgan fingerprint density at radius 2 is 1.88 bits per heavy atom. The standard InChI is InChI=1S/C14H12N2/c1-10-5-6-16-9-14(10)13-4-3-12(8-15)7-11(13)2/h3-7,9H,1-2H3. The number of pyridine rings is 1. The topological polar surface area (TPSA) is 36.7 Å². The molecular formula is C14H12N2. The molecule has 0 saturated carbocycles. The highest BCUT2D eigenvalue weighted by Gasteiger charge is 2.05. The minimum atomic E-state index is 0.697. The van der Waals surface area contributed by atoms with Gasteiger partial charge in [-0.1, -0.05) is 6.07 Å². The molecule has 0 aliphatic heterocycles. The zero-order valence-corrected chi connectivity index (χ0v) is 9.36. The fourth-order valence-corrected chi connectivity index (χ4v) is 1.78. The maximum absolute atomic E-state index is 8.82. The van der Waals surface area contributed by atoms with Gasteiger partial charge in [-0.3, -0.25) is 4.98 Å². The van der Waals surface area contributed by atoms with Crippen molar-refractivity contribution < 1.29 is 0 Å². The predicted molar refractivity (Wildman–Crippen MR) is 63.9 cm³/mol. The second-order valence-electron chi connectivity index (χ2n) is 3.83. The van der Waals surface area contributed by atoms with E-state index in [1.165, 1.54) is 5.56 Å². The highest BCUT2D eigenvalue weighted by Crippen LogP contribution is 2.26. The number of benzene rings is 1. The lowest BCUT2D eigenvalue weighted by Crippen LogP contribution is -1.89. The van der Waals surface area contributed by atoms with E-state index in [1.54, 1.807) is 6.20 Å². The molecule has 0 fully saturated rings. The van der Waals surface area contributed by atoms with Crippen LogP contribution >= 0.6 is 0 Å². The number of hydrogen-bond acceptors (Lipinski definition) is 2. The third-order valence-corrected chi connectivity index (χ3v) is 2.68. The zero-order chi connectivity index (χ0) is 11.5. The Morgan fingerprint density at radius 3 is 2.50 bits per heavy atom. The van der Waals surface area contributed by atoms with Gasteiger partial charge < -0.3 is 0 Å². The van der Waals surface area contributed by atoms with Gasteiger partial charge in [-0.15, -0.1) is 0 Å². The summed E-state index contributed by atoms with van der Waals surface area (Å²) in [6.07, 6.45) is 3.65. The minimum Gasteiger partial charge on any atom is -0.264 e. The van der Waals surface area contributed by atoms with Crippen LogP contribution in [-0.4, -0.2) is 4.98 Å². The second kappa shape index (κ2) is 4.16. The first-order chi connectivity index (χ1) is 7.72. The summed E-state index contributed by atoms with van der Waals surface area (Å²) in [7, 11) is 0. The van der Waals surface area contributed by atoms with Crippen LogP contribution in [0.4, 0.5) is 0 Å². The van der Waals surface area contributed by atoms with Crippen molar-refractivity contribution in [1.29, 1.82) is 5.26 Å². The lowest BCUT2D eigenvalue weighted by atomic mass is 9.97. The van der Waals surface area contributed by atoms with Crippen LogP contribution in [0.15, 0.2) is 36.7 Å². The van der Waals surface area contributed by atoms with Crippen molar-refractivity contribution >= 4 is 0 Å². The summed E-state index contributed by atoms with van der Waals surface area (Å²) in [5, 5.41) is 8.82. The largest absolute Gasteiger partial charge is 0.264 e. The van der Waals surface area contributed by atoms with Crippen LogP contribution in [0.3, 0.4) is 0 Å². The molecule has 0 N–H and O–H groups in total. The Labute approximate surface area is 95.2 Å². The van der Waals surface area contributed by atoms with Crippen molar-refractivity contribution in [2.24, 2.45) is 0 Å². The fraction of sp³-hybridized carbons (Fsp3) is 0.143. The highest BCUT2D eigenvalue weighted by atomic mass is 14.6. The summed E-state index contributed by atoms with van der Waals surface area (Å²) in [5.74, 6) is 0. The van der Waals surface area contributed by atoms with Gasteiger partial charge in [0.2, 0.25) is 0 Å². The molecule has 0 spiro atoms. The van der Waals surface area contributed by atoms with Crippen LogP contribution in [0, 0.1) is 25.2 Å². The Kier molecular flexibility index (Phi) is 2.70. The molecule has 0 radical (unpaired) electrons. The van der Waals surface area contributed by atoms with E-state index < -0.39 is 0 Å². The maximum Gasteiger partial charge on any atom is 0.0991 e. The smallest absolute Gasteiger partial charge is 0.0991 e. The summed E-state index contributed by atoms with van der Waals surface area (Å²) in [6, 6.07) is 9.87. The molecule has 0 aliphatic rings. The summed E-state index contributed by atoms with van der Waals surface area (Å²) in [6.45, 7) is 4.08. The molecule has 2 nitrogen and oxygen atoms in total. The first-order valence-electron chi connectivity index (χ1n) is 5.14. The Hall–Kier alpha value is -2.14. The molecule has 0 amide bonds. The van der Waals surface area contributed by atoms with Crippen molar-refractivity contribution in [3.8, 4) is 17.2 Å². The lowest BCUT2D eigenvalue weighted by molar-refractivity contribution is 1.28. The fourth-order valence-electron chi connectivity index (χ4n) is 1.78. The number of hydrogen-bond donors (Lipinski definition) is 0. The van der Waals surface area contributed by atoms with Gasteiger partial charge in [0.1, 0.15) is 0 Å². The Bertz CT molecular complexity index is 565. The van der Waals surface area contributed by atoms with Gasteiger partial charge in [-0.25, -0.2) is 0 Å². The van der Waals surface area contributed by atoms with Crippen molar-refractivity contribution in [1.82, 2.24) is 4.98 Å². The molecule has 0 bridgehead atoms. The van der Waals surface area contributed by atoms with E-state index >= 15 is 0 Å². The van der Waals surface area contributed by atoms with Crippen molar-refractivity contribution in [3.05, 3.63) is 53.3 Å². The number of rotatable bonds is 1. The molecule has 16 heavy (non-hydrogen) atoms. The monoisotopic (exact) mass is 208 g/mol. The van der Waals surface area contributed by atoms with Crippen LogP contribution in [0.25, 0.3) is 11.1 Å². The Morgan fingerprint density at radius 1 is 1.06 bits per heavy atom. The van der Waals surface area contributed by atoms with Crippen LogP contribution < -0.4 is 0 Å². The van der Waals surface area contributed by atoms with Crippen molar-refractivity contribution in [2.75, 3.05) is 0 Å². The summed E-state index contributed by atoms with van der Waals surface area (Å²) in [4.78, 5) is 4.14. The third kappa shape index (κ3) is 1.80. The molecule has 2 heteroatoms. The molecule has 1 heterocycles. The summed E-state index contributed by atoms with van der Waals surface area (Å²) in [5.41, 5.74) is 5.27. The van der Waals surface area contributed by atoms with E-state index in [2.05, 4.69) is 18.0 Å². The number of aryl methyl sites for hydroxylation is 2. The molecule has 2 rings (SSSR count). The van der Waals surface area contributed by atoms with Gasteiger partial charge in [-0.2, -0.15) is 5.26 Å². The van der Waals surface area contributed by atoms with Gasteiger partial charge in [0.05, 0.1) is 11.6 Å². The highest BCUT2D eigenvalue weighted by molar-refractivity contribution is 5.70. The number of aromatic nitrogens is 1. The molecule has 0 atom stereocenters. The van der Waals surface area contributed by atoms with E-state index in [-0.39, 0.29) is 0 Å². The first-order valence-corrected chi connectivity index (χ1v) is 5.14. The zero-order valence-electron chi connectivity index (χ0n) is 9.36. The second-order valence-corrected chi connectivity index (χ2v) is 3.83. The quantitative estimate of drug-likeness (QED) is 0.721. The van der Waals surface area contributed by atoms with E-state index in [9.17, 15) is 0 Å². The van der Waals surface area contributed by atoms with Gasteiger partial charge in [-0.05, 0) is 48.7 Å². The molecule has 78 valence electrons. The Balaban J connectivity index is 2.58. The molecule has 0 saturated heterocycles. The van der Waals surface area contributed by atoms with Crippen LogP contribution in [0.1, 0.15) is 16.7 Å². The number of nitriles is 1. The maximum atomic E-state index is 8.82. The lowest BCUT2D eigenvalue weighted by Gasteiger charge is -2.08. The minimum absolute atomic E-state index is 0.697. The average Bonchev–Trinajstić information content (AvgIpc) is 2.30. The van der Waals surface area contributed by atoms with Crippen LogP contribution in [0.2, 0.25) is 0 Å². The molecule has 0 unspecified atom stereocenters. The SMILES string of the molecule is Cc1cc(C#N)ccc1-c1cnccc1C. The van der Waals surface area contributed by atoms with Crippen molar-refractivity contribution in [2.45, 2.75) is 13.8 Å². The number of nitrogens with zero attached hydrogens (tertiary/aromatic N) is 2. The van der Waals surface area contributed by atoms with Crippen LogP contribution in [-0.2, 0) is 0 Å². The van der Waals surface area contributed by atoms with Gasteiger partial charge in [0.25, 0.3) is 0 Å². The van der Waals surface area contributed by atoms with E-state index in [0.29, 0.717) is 5.56 Å². The van der Waals surface area contributed by atoms with Gasteiger partial charge in [0.15, 0.2) is 0 Å². The molecule has 1 aromatic heterocycles. The van der Waals surface area contributed by atoms with E-state index in [4.69, 9.17) is 5.26 Å². The van der Waals surface area contributed by atoms with E-state index in [1.807, 2.05) is 37.4 Å². The third-order valence-electron chi connectivity index (χ3n) is 2.68. The normalized spacial score (nSPS) is 9.81.